The zero-order valence-corrected chi connectivity index (χ0v) is 21.5. The maximum Gasteiger partial charge on any atom is 0.224 e. The lowest BCUT2D eigenvalue weighted by atomic mass is 10.0. The fourth-order valence-corrected chi connectivity index (χ4v) is 4.45. The average Bonchev–Trinajstić information content (AvgIpc) is 3.22. The molecule has 4 aromatic rings. The van der Waals surface area contributed by atoms with Crippen molar-refractivity contribution in [2.45, 2.75) is 57.1 Å². The number of aromatic nitrogens is 4. The predicted molar refractivity (Wildman–Crippen MR) is 144 cm³/mol. The molecule has 0 fully saturated rings. The molecule has 2 aromatic heterocycles. The Morgan fingerprint density at radius 3 is 2.37 bits per heavy atom. The van der Waals surface area contributed by atoms with Gasteiger partial charge in [-0.2, -0.15) is 5.10 Å². The molecule has 182 valence electrons. The molecule has 0 aliphatic rings. The third kappa shape index (κ3) is 6.60. The van der Waals surface area contributed by atoms with Crippen molar-refractivity contribution in [3.8, 4) is 11.1 Å². The normalized spacial score (nSPS) is 11.4. The predicted octanol–water partition coefficient (Wildman–Crippen LogP) is 5.17. The van der Waals surface area contributed by atoms with E-state index in [1.165, 1.54) is 5.56 Å². The number of amides is 1. The van der Waals surface area contributed by atoms with Crippen LogP contribution in [0.1, 0.15) is 33.3 Å². The molecule has 1 amide bonds. The van der Waals surface area contributed by atoms with Crippen LogP contribution in [0.2, 0.25) is 0 Å². The minimum absolute atomic E-state index is 0.0123. The third-order valence-corrected chi connectivity index (χ3v) is 6.18. The minimum atomic E-state index is -0.0123. The molecule has 0 saturated carbocycles. The molecule has 0 bridgehead atoms. The van der Waals surface area contributed by atoms with Gasteiger partial charge in [-0.15, -0.1) is 0 Å². The summed E-state index contributed by atoms with van der Waals surface area (Å²) in [5.41, 5.74) is 4.07. The van der Waals surface area contributed by atoms with Gasteiger partial charge in [0.25, 0.3) is 0 Å². The van der Waals surface area contributed by atoms with Crippen LogP contribution in [0.5, 0.6) is 0 Å². The first-order valence-corrected chi connectivity index (χ1v) is 12.8. The first-order chi connectivity index (χ1) is 16.9. The van der Waals surface area contributed by atoms with E-state index < -0.39 is 0 Å². The largest absolute Gasteiger partial charge is 0.367 e. The molecule has 8 heteroatoms. The second-order valence-corrected chi connectivity index (χ2v) is 10.6. The number of fused-ring (bicyclic) bond motifs is 1. The first-order valence-electron chi connectivity index (χ1n) is 12.0. The number of anilines is 1. The zero-order valence-electron chi connectivity index (χ0n) is 20.7. The number of hydrogen-bond donors (Lipinski definition) is 2. The molecule has 0 aliphatic heterocycles. The van der Waals surface area contributed by atoms with E-state index in [9.17, 15) is 4.79 Å². The summed E-state index contributed by atoms with van der Waals surface area (Å²) in [6, 6.07) is 18.6. The van der Waals surface area contributed by atoms with E-state index in [-0.39, 0.29) is 11.9 Å². The van der Waals surface area contributed by atoms with Crippen LogP contribution in [0.25, 0.3) is 22.2 Å². The van der Waals surface area contributed by atoms with E-state index in [1.54, 1.807) is 18.0 Å². The van der Waals surface area contributed by atoms with Crippen LogP contribution in [-0.2, 0) is 17.8 Å². The number of thioether (sulfide) groups is 1. The number of carbonyl (C=O) groups is 1. The van der Waals surface area contributed by atoms with Crippen LogP contribution in [0.15, 0.2) is 66.0 Å². The summed E-state index contributed by atoms with van der Waals surface area (Å²) >= 11 is 1.62. The van der Waals surface area contributed by atoms with Crippen molar-refractivity contribution in [3.05, 3.63) is 66.4 Å². The van der Waals surface area contributed by atoms with Gasteiger partial charge in [0, 0.05) is 17.8 Å². The Morgan fingerprint density at radius 2 is 1.69 bits per heavy atom. The van der Waals surface area contributed by atoms with Crippen LogP contribution in [0.4, 0.5) is 5.82 Å². The Morgan fingerprint density at radius 1 is 0.971 bits per heavy atom. The summed E-state index contributed by atoms with van der Waals surface area (Å²) < 4.78 is 1.84. The maximum absolute atomic E-state index is 12.5. The lowest BCUT2D eigenvalue weighted by Gasteiger charge is -2.12. The summed E-state index contributed by atoms with van der Waals surface area (Å²) in [6.07, 6.45) is 2.13. The highest BCUT2D eigenvalue weighted by Crippen LogP contribution is 2.27. The molecule has 7 nitrogen and oxygen atoms in total. The Kier molecular flexibility index (Phi) is 8.02. The molecule has 0 aliphatic carbocycles. The van der Waals surface area contributed by atoms with E-state index >= 15 is 0 Å². The molecule has 35 heavy (non-hydrogen) atoms. The highest BCUT2D eigenvalue weighted by molar-refractivity contribution is 7.99. The molecule has 4 rings (SSSR count). The summed E-state index contributed by atoms with van der Waals surface area (Å²) in [7, 11) is 0. The number of nitrogens with zero attached hydrogens (tertiary/aromatic N) is 4. The van der Waals surface area contributed by atoms with Crippen molar-refractivity contribution < 1.29 is 4.79 Å². The topological polar surface area (TPSA) is 84.7 Å². The number of benzene rings is 2. The van der Waals surface area contributed by atoms with Gasteiger partial charge >= 0.3 is 0 Å². The Hall–Kier alpha value is -3.39. The lowest BCUT2D eigenvalue weighted by molar-refractivity contribution is -0.120. The van der Waals surface area contributed by atoms with Crippen molar-refractivity contribution >= 4 is 34.5 Å². The van der Waals surface area contributed by atoms with E-state index in [2.05, 4.69) is 67.7 Å². The summed E-state index contributed by atoms with van der Waals surface area (Å²) in [5.74, 6) is 0.782. The molecule has 0 unspecified atom stereocenters. The highest BCUT2D eigenvalue weighted by atomic mass is 32.2. The number of nitrogens with one attached hydrogen (secondary N) is 2. The molecule has 0 radical (unpaired) electrons. The van der Waals surface area contributed by atoms with Crippen molar-refractivity contribution in [1.29, 1.82) is 0 Å². The Labute approximate surface area is 210 Å². The van der Waals surface area contributed by atoms with Crippen LogP contribution in [0, 0.1) is 0 Å². The van der Waals surface area contributed by atoms with Crippen LogP contribution in [-0.4, -0.2) is 43.5 Å². The first kappa shape index (κ1) is 24.7. The van der Waals surface area contributed by atoms with E-state index in [0.717, 1.165) is 33.1 Å². The van der Waals surface area contributed by atoms with Crippen LogP contribution < -0.4 is 10.6 Å². The number of rotatable bonds is 10. The van der Waals surface area contributed by atoms with Gasteiger partial charge in [-0.25, -0.2) is 14.6 Å². The molecular formula is C27H32N6OS. The maximum atomic E-state index is 12.5. The molecule has 0 spiro atoms. The zero-order chi connectivity index (χ0) is 24.8. The molecular weight excluding hydrogens is 456 g/mol. The van der Waals surface area contributed by atoms with Crippen LogP contribution in [0.3, 0.4) is 0 Å². The standard InChI is InChI=1S/C27H32N6OS/c1-18(2)30-25-23-17-29-33(26(23)32-27(31-25)35-19(3)4)15-14-28-24(34)16-20-10-12-22(13-11-20)21-8-6-5-7-9-21/h5-13,17-19H,14-16H2,1-4H3,(H,28,34)(H,30,31,32). The Bertz CT molecular complexity index is 1270. The second-order valence-electron chi connectivity index (χ2n) is 9.02. The van der Waals surface area contributed by atoms with Crippen LogP contribution >= 0.6 is 11.8 Å². The molecule has 2 N–H and O–H groups in total. The summed E-state index contributed by atoms with van der Waals surface area (Å²) in [4.78, 5) is 22.0. The monoisotopic (exact) mass is 488 g/mol. The minimum Gasteiger partial charge on any atom is -0.367 e. The van der Waals surface area contributed by atoms with Crippen molar-refractivity contribution in [2.75, 3.05) is 11.9 Å². The second kappa shape index (κ2) is 11.4. The Balaban J connectivity index is 1.38. The average molecular weight is 489 g/mol. The van der Waals surface area contributed by atoms with Crippen molar-refractivity contribution in [1.82, 2.24) is 25.1 Å². The SMILES string of the molecule is CC(C)Nc1nc(SC(C)C)nc2c1cnn2CCNC(=O)Cc1ccc(-c2ccccc2)cc1. The summed E-state index contributed by atoms with van der Waals surface area (Å²) in [6.45, 7) is 9.41. The van der Waals surface area contributed by atoms with Gasteiger partial charge in [-0.05, 0) is 30.5 Å². The van der Waals surface area contributed by atoms with Gasteiger partial charge in [-0.3, -0.25) is 4.79 Å². The molecule has 2 aromatic carbocycles. The van der Waals surface area contributed by atoms with E-state index in [1.807, 2.05) is 35.0 Å². The third-order valence-electron chi connectivity index (χ3n) is 5.31. The van der Waals surface area contributed by atoms with Crippen molar-refractivity contribution in [3.63, 3.8) is 0 Å². The number of carbonyl (C=O) groups excluding carboxylic acids is 1. The van der Waals surface area contributed by atoms with Gasteiger partial charge in [0.15, 0.2) is 10.8 Å². The summed E-state index contributed by atoms with van der Waals surface area (Å²) in [5, 5.41) is 12.9. The lowest BCUT2D eigenvalue weighted by Crippen LogP contribution is -2.28. The van der Waals surface area contributed by atoms with Gasteiger partial charge < -0.3 is 10.6 Å². The molecule has 2 heterocycles. The highest BCUT2D eigenvalue weighted by Gasteiger charge is 2.15. The van der Waals surface area contributed by atoms with Gasteiger partial charge in [0.2, 0.25) is 5.91 Å². The van der Waals surface area contributed by atoms with Crippen molar-refractivity contribution in [2.24, 2.45) is 0 Å². The molecule has 0 atom stereocenters. The van der Waals surface area contributed by atoms with Gasteiger partial charge in [0.1, 0.15) is 5.82 Å². The van der Waals surface area contributed by atoms with E-state index in [4.69, 9.17) is 9.97 Å². The smallest absolute Gasteiger partial charge is 0.224 e. The van der Waals surface area contributed by atoms with E-state index in [0.29, 0.717) is 24.8 Å². The van der Waals surface area contributed by atoms with Gasteiger partial charge in [0.05, 0.1) is 24.5 Å². The number of hydrogen-bond acceptors (Lipinski definition) is 6. The molecule has 0 saturated heterocycles. The fourth-order valence-electron chi connectivity index (χ4n) is 3.74. The van der Waals surface area contributed by atoms with Gasteiger partial charge in [-0.1, -0.05) is 80.2 Å². The fraction of sp³-hybridized carbons (Fsp3) is 0.333. The quantitative estimate of drug-likeness (QED) is 0.237.